The van der Waals surface area contributed by atoms with Crippen molar-refractivity contribution in [3.8, 4) is 5.75 Å². The van der Waals surface area contributed by atoms with Crippen molar-refractivity contribution in [2.75, 3.05) is 33.3 Å². The summed E-state index contributed by atoms with van der Waals surface area (Å²) in [5.74, 6) is -2.60. The molecule has 10 nitrogen and oxygen atoms in total. The number of ether oxygens (including phenoxy) is 1. The summed E-state index contributed by atoms with van der Waals surface area (Å²) < 4.78 is 5.18. The van der Waals surface area contributed by atoms with E-state index >= 15 is 0 Å². The predicted octanol–water partition coefficient (Wildman–Crippen LogP) is 1.78. The minimum absolute atomic E-state index is 0.0573. The minimum atomic E-state index is -1.82. The third-order valence-electron chi connectivity index (χ3n) is 6.69. The Bertz CT molecular complexity index is 996. The topological polar surface area (TPSA) is 140 Å². The van der Waals surface area contributed by atoms with Crippen LogP contribution in [-0.2, 0) is 16.1 Å². The van der Waals surface area contributed by atoms with Gasteiger partial charge >= 0.3 is 11.9 Å². The lowest BCUT2D eigenvalue weighted by Crippen LogP contribution is -2.56. The lowest BCUT2D eigenvalue weighted by atomic mass is 9.87. The molecule has 4 rings (SSSR count). The van der Waals surface area contributed by atoms with Crippen molar-refractivity contribution in [3.63, 3.8) is 0 Å². The molecule has 0 saturated carbocycles. The van der Waals surface area contributed by atoms with Crippen molar-refractivity contribution in [1.82, 2.24) is 14.8 Å². The number of piperidine rings is 2. The van der Waals surface area contributed by atoms with E-state index in [4.69, 9.17) is 24.5 Å². The van der Waals surface area contributed by atoms with Crippen LogP contribution in [0.15, 0.2) is 48.8 Å². The highest BCUT2D eigenvalue weighted by molar-refractivity contribution is 6.27. The number of likely N-dealkylation sites (tertiary alicyclic amines) is 2. The molecule has 0 radical (unpaired) electrons. The van der Waals surface area contributed by atoms with Crippen molar-refractivity contribution in [2.24, 2.45) is 5.92 Å². The highest BCUT2D eigenvalue weighted by Crippen LogP contribution is 2.27. The molecular weight excluding hydrogens is 466 g/mol. The van der Waals surface area contributed by atoms with Crippen LogP contribution >= 0.6 is 0 Å². The molecule has 0 amide bonds. The van der Waals surface area contributed by atoms with E-state index < -0.39 is 11.9 Å². The fourth-order valence-electron chi connectivity index (χ4n) is 4.72. The number of hydrogen-bond acceptors (Lipinski definition) is 8. The minimum Gasteiger partial charge on any atom is -0.497 e. The molecule has 1 aromatic heterocycles. The first-order chi connectivity index (χ1) is 17.3. The summed E-state index contributed by atoms with van der Waals surface area (Å²) in [4.78, 5) is 40.1. The Morgan fingerprint density at radius 1 is 1.00 bits per heavy atom. The van der Waals surface area contributed by atoms with Gasteiger partial charge in [-0.2, -0.15) is 0 Å². The fraction of sp³-hybridized carbons (Fsp3) is 0.462. The molecule has 2 fully saturated rings. The third kappa shape index (κ3) is 7.58. The van der Waals surface area contributed by atoms with Gasteiger partial charge in [0.1, 0.15) is 5.75 Å². The van der Waals surface area contributed by atoms with E-state index in [1.165, 1.54) is 5.56 Å². The number of carboxylic acid groups (broad SMARTS) is 2. The molecule has 3 heterocycles. The molecular formula is C26H33N3O7. The van der Waals surface area contributed by atoms with Crippen molar-refractivity contribution in [3.05, 3.63) is 59.9 Å². The van der Waals surface area contributed by atoms with Crippen LogP contribution in [0.4, 0.5) is 0 Å². The van der Waals surface area contributed by atoms with E-state index in [1.807, 2.05) is 36.5 Å². The molecule has 10 heteroatoms. The monoisotopic (exact) mass is 499 g/mol. The SMILES string of the molecule is COc1ccc(C(=O)C2CCN([C@H]3CN(Cc4cccnc4)CC[C@@H]3O)CC2)cc1.O=C(O)C(=O)O. The summed E-state index contributed by atoms with van der Waals surface area (Å²) in [5, 5.41) is 25.4. The van der Waals surface area contributed by atoms with Gasteiger partial charge in [-0.3, -0.25) is 19.6 Å². The maximum Gasteiger partial charge on any atom is 0.414 e. The molecule has 0 spiro atoms. The van der Waals surface area contributed by atoms with Gasteiger partial charge < -0.3 is 20.1 Å². The van der Waals surface area contributed by atoms with Gasteiger partial charge in [-0.1, -0.05) is 6.07 Å². The number of hydrogen-bond donors (Lipinski definition) is 3. The summed E-state index contributed by atoms with van der Waals surface area (Å²) in [7, 11) is 1.63. The van der Waals surface area contributed by atoms with E-state index in [0.29, 0.717) is 0 Å². The van der Waals surface area contributed by atoms with Crippen LogP contribution in [-0.4, -0.2) is 93.3 Å². The number of methoxy groups -OCH3 is 1. The number of nitrogens with zero attached hydrogens (tertiary/aromatic N) is 3. The lowest BCUT2D eigenvalue weighted by molar-refractivity contribution is -0.159. The maximum absolute atomic E-state index is 12.9. The molecule has 3 N–H and O–H groups in total. The summed E-state index contributed by atoms with van der Waals surface area (Å²) in [5.41, 5.74) is 1.96. The summed E-state index contributed by atoms with van der Waals surface area (Å²) in [6, 6.07) is 11.6. The number of benzene rings is 1. The van der Waals surface area contributed by atoms with Gasteiger partial charge in [-0.15, -0.1) is 0 Å². The standard InChI is InChI=1S/C24H31N3O3.C2H2O4/c1-30-21-6-4-19(5-7-21)24(29)20-8-13-27(14-9-20)22-17-26(12-10-23(22)28)16-18-3-2-11-25-15-18;3-1(4)2(5)6/h2-7,11,15,20,22-23,28H,8-10,12-14,16-17H2,1H3;(H,3,4)(H,5,6)/t22-,23-;/m0./s1. The van der Waals surface area contributed by atoms with Crippen LogP contribution in [0.3, 0.4) is 0 Å². The largest absolute Gasteiger partial charge is 0.497 e. The zero-order valence-corrected chi connectivity index (χ0v) is 20.3. The third-order valence-corrected chi connectivity index (χ3v) is 6.69. The molecule has 0 aliphatic carbocycles. The summed E-state index contributed by atoms with van der Waals surface area (Å²) >= 11 is 0. The van der Waals surface area contributed by atoms with Gasteiger partial charge in [0.05, 0.1) is 13.2 Å². The first kappa shape index (κ1) is 27.3. The van der Waals surface area contributed by atoms with E-state index in [2.05, 4.69) is 20.9 Å². The number of aliphatic carboxylic acids is 2. The first-order valence-corrected chi connectivity index (χ1v) is 12.0. The van der Waals surface area contributed by atoms with Gasteiger partial charge in [0.2, 0.25) is 0 Å². The smallest absolute Gasteiger partial charge is 0.414 e. The van der Waals surface area contributed by atoms with E-state index in [-0.39, 0.29) is 23.8 Å². The predicted molar refractivity (Wildman–Crippen MR) is 131 cm³/mol. The molecule has 36 heavy (non-hydrogen) atoms. The molecule has 0 bridgehead atoms. The highest BCUT2D eigenvalue weighted by Gasteiger charge is 2.35. The average Bonchev–Trinajstić information content (AvgIpc) is 2.90. The number of carbonyl (C=O) groups is 3. The van der Waals surface area contributed by atoms with Gasteiger partial charge in [0, 0.05) is 49.6 Å². The van der Waals surface area contributed by atoms with Crippen LogP contribution in [0.25, 0.3) is 0 Å². The van der Waals surface area contributed by atoms with Crippen LogP contribution in [0.5, 0.6) is 5.75 Å². The Labute approximate surface area is 210 Å². The van der Waals surface area contributed by atoms with E-state index in [9.17, 15) is 9.90 Å². The van der Waals surface area contributed by atoms with Crippen molar-refractivity contribution in [1.29, 1.82) is 0 Å². The van der Waals surface area contributed by atoms with Gasteiger partial charge in [0.15, 0.2) is 5.78 Å². The normalized spacial score (nSPS) is 21.2. The average molecular weight is 500 g/mol. The number of aliphatic hydroxyl groups excluding tert-OH is 1. The van der Waals surface area contributed by atoms with E-state index in [0.717, 1.165) is 63.3 Å². The van der Waals surface area contributed by atoms with Crippen LogP contribution < -0.4 is 4.74 Å². The molecule has 0 unspecified atom stereocenters. The van der Waals surface area contributed by atoms with Crippen LogP contribution in [0, 0.1) is 5.92 Å². The number of aliphatic hydroxyl groups is 1. The number of carbonyl (C=O) groups excluding carboxylic acids is 1. The number of carboxylic acids is 2. The van der Waals surface area contributed by atoms with Crippen LogP contribution in [0.1, 0.15) is 35.2 Å². The number of ketones is 1. The Morgan fingerprint density at radius 3 is 2.22 bits per heavy atom. The fourth-order valence-corrected chi connectivity index (χ4v) is 4.72. The number of Topliss-reactive ketones (excluding diaryl/α,β-unsaturated/α-hetero) is 1. The molecule has 1 aromatic carbocycles. The van der Waals surface area contributed by atoms with E-state index in [1.54, 1.807) is 13.3 Å². The van der Waals surface area contributed by atoms with Crippen molar-refractivity contribution < 1.29 is 34.4 Å². The summed E-state index contributed by atoms with van der Waals surface area (Å²) in [6.45, 7) is 4.33. The maximum atomic E-state index is 12.9. The zero-order chi connectivity index (χ0) is 26.1. The van der Waals surface area contributed by atoms with Crippen molar-refractivity contribution in [2.45, 2.75) is 38.0 Å². The molecule has 2 aliphatic rings. The highest BCUT2D eigenvalue weighted by atomic mass is 16.5. The second-order valence-corrected chi connectivity index (χ2v) is 9.03. The van der Waals surface area contributed by atoms with Gasteiger partial charge in [-0.25, -0.2) is 9.59 Å². The second-order valence-electron chi connectivity index (χ2n) is 9.03. The molecule has 2 atom stereocenters. The Morgan fingerprint density at radius 2 is 1.67 bits per heavy atom. The van der Waals surface area contributed by atoms with Gasteiger partial charge in [-0.05, 0) is 68.2 Å². The van der Waals surface area contributed by atoms with Crippen LogP contribution in [0.2, 0.25) is 0 Å². The Kier molecular flexibility index (Phi) is 9.92. The Hall–Kier alpha value is -3.34. The number of pyridine rings is 1. The molecule has 194 valence electrons. The molecule has 2 aromatic rings. The number of aromatic nitrogens is 1. The summed E-state index contributed by atoms with van der Waals surface area (Å²) in [6.07, 6.45) is 5.88. The quantitative estimate of drug-likeness (QED) is 0.398. The zero-order valence-electron chi connectivity index (χ0n) is 20.3. The van der Waals surface area contributed by atoms with Crippen molar-refractivity contribution >= 4 is 17.7 Å². The first-order valence-electron chi connectivity index (χ1n) is 12.0. The lowest BCUT2D eigenvalue weighted by Gasteiger charge is -2.44. The Balaban J connectivity index is 0.000000538. The van der Waals surface area contributed by atoms with Gasteiger partial charge in [0.25, 0.3) is 0 Å². The number of rotatable bonds is 6. The second kappa shape index (κ2) is 13.1. The molecule has 2 saturated heterocycles. The molecule has 2 aliphatic heterocycles.